The van der Waals surface area contributed by atoms with Crippen LogP contribution in [0.3, 0.4) is 0 Å². The Labute approximate surface area is 154 Å². The second-order valence-corrected chi connectivity index (χ2v) is 6.64. The highest BCUT2D eigenvalue weighted by molar-refractivity contribution is 5.80. The van der Waals surface area contributed by atoms with Gasteiger partial charge in [0.25, 0.3) is 0 Å². The number of aryl methyl sites for hydroxylation is 1. The highest BCUT2D eigenvalue weighted by Gasteiger charge is 2.23. The van der Waals surface area contributed by atoms with Gasteiger partial charge in [-0.1, -0.05) is 36.4 Å². The van der Waals surface area contributed by atoms with E-state index in [-0.39, 0.29) is 11.8 Å². The number of carbonyl (C=O) groups excluding carboxylic acids is 2. The lowest BCUT2D eigenvalue weighted by Crippen LogP contribution is -2.51. The fourth-order valence-electron chi connectivity index (χ4n) is 3.24. The molecule has 0 bridgehead atoms. The number of carbonyl (C=O) groups is 2. The lowest BCUT2D eigenvalue weighted by Gasteiger charge is -2.35. The molecule has 3 rings (SSSR count). The standard InChI is InChI=1S/C21H25N3O2/c25-20(10-4-8-18-6-2-1-3-7-18)23-12-14-24(15-13-23)21(26)16-19-9-5-11-22-17-19/h1-3,5-7,9,11,17H,4,8,10,12-16H2. The van der Waals surface area contributed by atoms with Gasteiger partial charge in [-0.2, -0.15) is 0 Å². The first kappa shape index (κ1) is 18.1. The van der Waals surface area contributed by atoms with Crippen molar-refractivity contribution in [2.24, 2.45) is 0 Å². The van der Waals surface area contributed by atoms with Crippen LogP contribution in [-0.4, -0.2) is 52.8 Å². The number of rotatable bonds is 6. The molecule has 2 aromatic rings. The lowest BCUT2D eigenvalue weighted by atomic mass is 10.1. The third-order valence-corrected chi connectivity index (χ3v) is 4.76. The van der Waals surface area contributed by atoms with Gasteiger partial charge in [-0.3, -0.25) is 14.6 Å². The van der Waals surface area contributed by atoms with Crippen LogP contribution in [-0.2, 0) is 22.4 Å². The summed E-state index contributed by atoms with van der Waals surface area (Å²) >= 11 is 0. The summed E-state index contributed by atoms with van der Waals surface area (Å²) in [5.41, 5.74) is 2.20. The molecule has 1 aliphatic heterocycles. The Morgan fingerprint density at radius 1 is 0.846 bits per heavy atom. The fourth-order valence-corrected chi connectivity index (χ4v) is 3.24. The van der Waals surface area contributed by atoms with Crippen molar-refractivity contribution in [3.63, 3.8) is 0 Å². The van der Waals surface area contributed by atoms with Gasteiger partial charge in [0, 0.05) is 45.0 Å². The second-order valence-electron chi connectivity index (χ2n) is 6.64. The number of nitrogens with zero attached hydrogens (tertiary/aromatic N) is 3. The molecular formula is C21H25N3O2. The molecule has 0 atom stereocenters. The largest absolute Gasteiger partial charge is 0.339 e. The molecular weight excluding hydrogens is 326 g/mol. The molecule has 0 saturated carbocycles. The summed E-state index contributed by atoms with van der Waals surface area (Å²) in [6, 6.07) is 14.0. The number of pyridine rings is 1. The monoisotopic (exact) mass is 351 g/mol. The van der Waals surface area contributed by atoms with Crippen molar-refractivity contribution in [2.75, 3.05) is 26.2 Å². The lowest BCUT2D eigenvalue weighted by molar-refractivity contribution is -0.139. The first-order chi connectivity index (χ1) is 12.7. The van der Waals surface area contributed by atoms with E-state index in [2.05, 4.69) is 17.1 Å². The maximum atomic E-state index is 12.4. The van der Waals surface area contributed by atoms with E-state index < -0.39 is 0 Å². The molecule has 0 unspecified atom stereocenters. The number of aromatic nitrogens is 1. The van der Waals surface area contributed by atoms with Gasteiger partial charge in [0.2, 0.25) is 11.8 Å². The molecule has 0 aliphatic carbocycles. The van der Waals surface area contributed by atoms with E-state index in [9.17, 15) is 9.59 Å². The predicted octanol–water partition coefficient (Wildman–Crippen LogP) is 2.32. The SMILES string of the molecule is O=C(CCCc1ccccc1)N1CCN(C(=O)Cc2cccnc2)CC1. The van der Waals surface area contributed by atoms with Crippen molar-refractivity contribution in [2.45, 2.75) is 25.7 Å². The van der Waals surface area contributed by atoms with E-state index in [1.807, 2.05) is 40.1 Å². The van der Waals surface area contributed by atoms with Crippen LogP contribution in [0.4, 0.5) is 0 Å². The molecule has 1 saturated heterocycles. The molecule has 5 heteroatoms. The average Bonchev–Trinajstić information content (AvgIpc) is 2.69. The van der Waals surface area contributed by atoms with Gasteiger partial charge < -0.3 is 9.80 Å². The van der Waals surface area contributed by atoms with Crippen LogP contribution in [0.2, 0.25) is 0 Å². The molecule has 2 amide bonds. The molecule has 0 spiro atoms. The molecule has 136 valence electrons. The van der Waals surface area contributed by atoms with Crippen molar-refractivity contribution in [1.29, 1.82) is 0 Å². The number of amides is 2. The fraction of sp³-hybridized carbons (Fsp3) is 0.381. The van der Waals surface area contributed by atoms with Gasteiger partial charge in [0.15, 0.2) is 0 Å². The molecule has 1 aliphatic rings. The number of hydrogen-bond donors (Lipinski definition) is 0. The van der Waals surface area contributed by atoms with E-state index in [1.165, 1.54) is 5.56 Å². The van der Waals surface area contributed by atoms with E-state index in [4.69, 9.17) is 0 Å². The zero-order valence-corrected chi connectivity index (χ0v) is 15.0. The smallest absolute Gasteiger partial charge is 0.227 e. The molecule has 2 heterocycles. The summed E-state index contributed by atoms with van der Waals surface area (Å²) in [6.07, 6.45) is 6.16. The van der Waals surface area contributed by atoms with Crippen molar-refractivity contribution in [3.05, 3.63) is 66.0 Å². The summed E-state index contributed by atoms with van der Waals surface area (Å²) in [6.45, 7) is 2.49. The Hall–Kier alpha value is -2.69. The highest BCUT2D eigenvalue weighted by atomic mass is 16.2. The molecule has 0 N–H and O–H groups in total. The number of benzene rings is 1. The van der Waals surface area contributed by atoms with Crippen LogP contribution in [0.25, 0.3) is 0 Å². The van der Waals surface area contributed by atoms with E-state index in [1.54, 1.807) is 12.4 Å². The molecule has 1 aromatic heterocycles. The van der Waals surface area contributed by atoms with Crippen LogP contribution in [0.5, 0.6) is 0 Å². The van der Waals surface area contributed by atoms with Crippen molar-refractivity contribution < 1.29 is 9.59 Å². The molecule has 26 heavy (non-hydrogen) atoms. The van der Waals surface area contributed by atoms with E-state index in [0.717, 1.165) is 18.4 Å². The minimum absolute atomic E-state index is 0.106. The van der Waals surface area contributed by atoms with Gasteiger partial charge in [-0.15, -0.1) is 0 Å². The summed E-state index contributed by atoms with van der Waals surface area (Å²) in [5.74, 6) is 0.300. The van der Waals surface area contributed by atoms with Crippen LogP contribution < -0.4 is 0 Å². The van der Waals surface area contributed by atoms with E-state index >= 15 is 0 Å². The summed E-state index contributed by atoms with van der Waals surface area (Å²) < 4.78 is 0. The van der Waals surface area contributed by atoms with Crippen LogP contribution in [0.15, 0.2) is 54.9 Å². The Morgan fingerprint density at radius 3 is 2.15 bits per heavy atom. The maximum Gasteiger partial charge on any atom is 0.227 e. The third-order valence-electron chi connectivity index (χ3n) is 4.76. The highest BCUT2D eigenvalue weighted by Crippen LogP contribution is 2.10. The second kappa shape index (κ2) is 9.13. The Kier molecular flexibility index (Phi) is 6.36. The van der Waals surface area contributed by atoms with Crippen LogP contribution in [0.1, 0.15) is 24.0 Å². The summed E-state index contributed by atoms with van der Waals surface area (Å²) in [7, 11) is 0. The van der Waals surface area contributed by atoms with Gasteiger partial charge in [0.05, 0.1) is 6.42 Å². The topological polar surface area (TPSA) is 53.5 Å². The minimum Gasteiger partial charge on any atom is -0.339 e. The quantitative estimate of drug-likeness (QED) is 0.803. The summed E-state index contributed by atoms with van der Waals surface area (Å²) in [4.78, 5) is 32.5. The first-order valence-corrected chi connectivity index (χ1v) is 9.21. The van der Waals surface area contributed by atoms with Gasteiger partial charge in [-0.25, -0.2) is 0 Å². The van der Waals surface area contributed by atoms with Gasteiger partial charge >= 0.3 is 0 Å². The number of piperazine rings is 1. The zero-order valence-electron chi connectivity index (χ0n) is 15.0. The van der Waals surface area contributed by atoms with Gasteiger partial charge in [-0.05, 0) is 30.0 Å². The zero-order chi connectivity index (χ0) is 18.2. The Bertz CT molecular complexity index is 711. The molecule has 1 fully saturated rings. The van der Waals surface area contributed by atoms with E-state index in [0.29, 0.717) is 39.0 Å². The molecule has 5 nitrogen and oxygen atoms in total. The summed E-state index contributed by atoms with van der Waals surface area (Å²) in [5, 5.41) is 0. The average molecular weight is 351 g/mol. The van der Waals surface area contributed by atoms with Crippen molar-refractivity contribution in [3.8, 4) is 0 Å². The Balaban J connectivity index is 1.38. The molecule has 1 aromatic carbocycles. The maximum absolute atomic E-state index is 12.4. The third kappa shape index (κ3) is 5.15. The molecule has 0 radical (unpaired) electrons. The van der Waals surface area contributed by atoms with Crippen LogP contribution >= 0.6 is 0 Å². The Morgan fingerprint density at radius 2 is 1.50 bits per heavy atom. The van der Waals surface area contributed by atoms with Gasteiger partial charge in [0.1, 0.15) is 0 Å². The number of hydrogen-bond acceptors (Lipinski definition) is 3. The normalized spacial score (nSPS) is 14.3. The van der Waals surface area contributed by atoms with Crippen LogP contribution in [0, 0.1) is 0 Å². The van der Waals surface area contributed by atoms with Crippen molar-refractivity contribution >= 4 is 11.8 Å². The minimum atomic E-state index is 0.106. The predicted molar refractivity (Wildman–Crippen MR) is 100 cm³/mol. The first-order valence-electron chi connectivity index (χ1n) is 9.21. The van der Waals surface area contributed by atoms with Crippen molar-refractivity contribution in [1.82, 2.24) is 14.8 Å².